The van der Waals surface area contributed by atoms with E-state index in [1.165, 1.54) is 0 Å². The van der Waals surface area contributed by atoms with Crippen LogP contribution in [0.25, 0.3) is 0 Å². The van der Waals surface area contributed by atoms with E-state index in [9.17, 15) is 4.79 Å². The molecule has 0 amide bonds. The first kappa shape index (κ1) is 12.2. The number of ether oxygens (including phenoxy) is 2. The number of esters is 1. The molecule has 0 N–H and O–H groups in total. The highest BCUT2D eigenvalue weighted by molar-refractivity contribution is 5.84. The zero-order valence-electron chi connectivity index (χ0n) is 9.79. The van der Waals surface area contributed by atoms with E-state index in [0.717, 1.165) is 12.8 Å². The number of carbonyl (C=O) groups is 1. The second-order valence-electron chi connectivity index (χ2n) is 3.72. The lowest BCUT2D eigenvalue weighted by Crippen LogP contribution is -2.28. The molecule has 0 aromatic heterocycles. The van der Waals surface area contributed by atoms with Gasteiger partial charge < -0.3 is 9.47 Å². The summed E-state index contributed by atoms with van der Waals surface area (Å²) in [6.45, 7) is 6.29. The molecule has 1 rings (SSSR count). The molecule has 0 aliphatic carbocycles. The Kier molecular flexibility index (Phi) is 4.33. The normalized spacial score (nSPS) is 29.4. The summed E-state index contributed by atoms with van der Waals surface area (Å²) in [5, 5.41) is 0. The van der Waals surface area contributed by atoms with E-state index in [1.54, 1.807) is 0 Å². The Bertz CT molecular complexity index is 247. The van der Waals surface area contributed by atoms with Crippen molar-refractivity contribution in [2.24, 2.45) is 0 Å². The Balaban J connectivity index is 2.49. The fourth-order valence-electron chi connectivity index (χ4n) is 1.62. The van der Waals surface area contributed by atoms with Crippen LogP contribution in [0.3, 0.4) is 0 Å². The fraction of sp³-hybridized carbons (Fsp3) is 0.750. The molecular formula is C12H20O3. The maximum Gasteiger partial charge on any atom is 0.341 e. The van der Waals surface area contributed by atoms with Gasteiger partial charge in [0.05, 0.1) is 6.61 Å². The van der Waals surface area contributed by atoms with E-state index in [0.29, 0.717) is 13.0 Å². The third-order valence-electron chi connectivity index (χ3n) is 2.65. The molecule has 1 heterocycles. The maximum absolute atomic E-state index is 11.6. The van der Waals surface area contributed by atoms with Gasteiger partial charge in [-0.05, 0) is 19.8 Å². The molecule has 1 saturated heterocycles. The third kappa shape index (κ3) is 2.59. The number of hydrogen-bond donors (Lipinski definition) is 0. The highest BCUT2D eigenvalue weighted by atomic mass is 16.7. The van der Waals surface area contributed by atoms with E-state index in [4.69, 9.17) is 9.47 Å². The van der Waals surface area contributed by atoms with Crippen LogP contribution in [0, 0.1) is 0 Å². The van der Waals surface area contributed by atoms with E-state index in [1.807, 2.05) is 19.9 Å². The molecule has 0 radical (unpaired) electrons. The lowest BCUT2D eigenvalue weighted by atomic mass is 10.0. The molecular weight excluding hydrogens is 192 g/mol. The largest absolute Gasteiger partial charge is 0.464 e. The number of epoxide rings is 1. The average molecular weight is 212 g/mol. The second kappa shape index (κ2) is 5.31. The first-order chi connectivity index (χ1) is 7.21. The molecule has 0 aromatic carbocycles. The predicted octanol–water partition coefficient (Wildman–Crippen LogP) is 2.45. The molecule has 3 nitrogen and oxygen atoms in total. The van der Waals surface area contributed by atoms with E-state index < -0.39 is 5.60 Å². The lowest BCUT2D eigenvalue weighted by Gasteiger charge is -2.07. The first-order valence-electron chi connectivity index (χ1n) is 5.73. The zero-order chi connectivity index (χ0) is 11.3. The van der Waals surface area contributed by atoms with Crippen molar-refractivity contribution >= 4 is 5.97 Å². The highest BCUT2D eigenvalue weighted by Crippen LogP contribution is 2.41. The van der Waals surface area contributed by atoms with Crippen molar-refractivity contribution < 1.29 is 14.3 Å². The first-order valence-corrected chi connectivity index (χ1v) is 5.73. The molecule has 15 heavy (non-hydrogen) atoms. The number of unbranched alkanes of at least 4 members (excludes halogenated alkanes) is 1. The van der Waals surface area contributed by atoms with Crippen molar-refractivity contribution in [2.75, 3.05) is 6.61 Å². The van der Waals surface area contributed by atoms with Gasteiger partial charge in [0.25, 0.3) is 0 Å². The van der Waals surface area contributed by atoms with Gasteiger partial charge in [0.2, 0.25) is 0 Å². The van der Waals surface area contributed by atoms with Crippen molar-refractivity contribution in [2.45, 2.75) is 51.7 Å². The minimum Gasteiger partial charge on any atom is -0.464 e. The molecule has 0 aromatic rings. The van der Waals surface area contributed by atoms with Crippen molar-refractivity contribution in [3.05, 3.63) is 12.2 Å². The second-order valence-corrected chi connectivity index (χ2v) is 3.72. The van der Waals surface area contributed by atoms with Gasteiger partial charge in [0, 0.05) is 0 Å². The maximum atomic E-state index is 11.6. The SMILES string of the molecule is CCCC=CC1OC1(CC)C(=O)OCC. The van der Waals surface area contributed by atoms with Gasteiger partial charge >= 0.3 is 5.97 Å². The van der Waals surface area contributed by atoms with E-state index in [-0.39, 0.29) is 12.1 Å². The molecule has 0 saturated carbocycles. The molecule has 3 heteroatoms. The number of rotatable bonds is 6. The Morgan fingerprint density at radius 3 is 2.73 bits per heavy atom. The van der Waals surface area contributed by atoms with Crippen LogP contribution in [-0.2, 0) is 14.3 Å². The number of hydrogen-bond acceptors (Lipinski definition) is 3. The third-order valence-corrected chi connectivity index (χ3v) is 2.65. The van der Waals surface area contributed by atoms with Crippen LogP contribution in [0.1, 0.15) is 40.0 Å². The van der Waals surface area contributed by atoms with Gasteiger partial charge in [-0.15, -0.1) is 0 Å². The molecule has 0 spiro atoms. The topological polar surface area (TPSA) is 38.8 Å². The van der Waals surface area contributed by atoms with Crippen LogP contribution in [0.4, 0.5) is 0 Å². The molecule has 0 bridgehead atoms. The molecule has 86 valence electrons. The minimum atomic E-state index is -0.680. The van der Waals surface area contributed by atoms with Gasteiger partial charge in [-0.1, -0.05) is 32.4 Å². The Morgan fingerprint density at radius 2 is 2.20 bits per heavy atom. The van der Waals surface area contributed by atoms with Gasteiger partial charge in [-0.3, -0.25) is 0 Å². The molecule has 1 aliphatic rings. The summed E-state index contributed by atoms with van der Waals surface area (Å²) in [4.78, 5) is 11.6. The highest BCUT2D eigenvalue weighted by Gasteiger charge is 2.61. The van der Waals surface area contributed by atoms with Crippen LogP contribution < -0.4 is 0 Å². The van der Waals surface area contributed by atoms with Gasteiger partial charge in [-0.2, -0.15) is 0 Å². The van der Waals surface area contributed by atoms with Gasteiger partial charge in [0.15, 0.2) is 5.60 Å². The summed E-state index contributed by atoms with van der Waals surface area (Å²) in [5.74, 6) is -0.223. The van der Waals surface area contributed by atoms with Crippen molar-refractivity contribution in [1.29, 1.82) is 0 Å². The minimum absolute atomic E-state index is 0.0758. The summed E-state index contributed by atoms with van der Waals surface area (Å²) in [6.07, 6.45) is 6.79. The molecule has 1 fully saturated rings. The van der Waals surface area contributed by atoms with Crippen LogP contribution in [0.2, 0.25) is 0 Å². The number of allylic oxidation sites excluding steroid dienone is 1. The van der Waals surface area contributed by atoms with Gasteiger partial charge in [-0.25, -0.2) is 4.79 Å². The van der Waals surface area contributed by atoms with E-state index in [2.05, 4.69) is 13.0 Å². The summed E-state index contributed by atoms with van der Waals surface area (Å²) >= 11 is 0. The van der Waals surface area contributed by atoms with Gasteiger partial charge in [0.1, 0.15) is 6.10 Å². The molecule has 2 unspecified atom stereocenters. The van der Waals surface area contributed by atoms with Crippen LogP contribution in [0.5, 0.6) is 0 Å². The Hall–Kier alpha value is -0.830. The van der Waals surface area contributed by atoms with Crippen LogP contribution >= 0.6 is 0 Å². The number of carbonyl (C=O) groups excluding carboxylic acids is 1. The standard InChI is InChI=1S/C12H20O3/c1-4-7-8-9-10-12(5-2,15-10)11(13)14-6-3/h8-10H,4-7H2,1-3H3. The van der Waals surface area contributed by atoms with Crippen LogP contribution in [-0.4, -0.2) is 24.3 Å². The predicted molar refractivity (Wildman–Crippen MR) is 58.6 cm³/mol. The molecule has 2 atom stereocenters. The van der Waals surface area contributed by atoms with E-state index >= 15 is 0 Å². The zero-order valence-corrected chi connectivity index (χ0v) is 9.79. The molecule has 1 aliphatic heterocycles. The van der Waals surface area contributed by atoms with Crippen molar-refractivity contribution in [1.82, 2.24) is 0 Å². The van der Waals surface area contributed by atoms with Crippen molar-refractivity contribution in [3.63, 3.8) is 0 Å². The lowest BCUT2D eigenvalue weighted by molar-refractivity contribution is -0.149. The fourth-order valence-corrected chi connectivity index (χ4v) is 1.62. The monoisotopic (exact) mass is 212 g/mol. The quantitative estimate of drug-likeness (QED) is 0.385. The summed E-state index contributed by atoms with van der Waals surface area (Å²) < 4.78 is 10.5. The summed E-state index contributed by atoms with van der Waals surface area (Å²) in [6, 6.07) is 0. The Morgan fingerprint density at radius 1 is 1.47 bits per heavy atom. The summed E-state index contributed by atoms with van der Waals surface area (Å²) in [7, 11) is 0. The smallest absolute Gasteiger partial charge is 0.341 e. The van der Waals surface area contributed by atoms with Crippen LogP contribution in [0.15, 0.2) is 12.2 Å². The Labute approximate surface area is 91.4 Å². The average Bonchev–Trinajstić information content (AvgIpc) is 2.94. The van der Waals surface area contributed by atoms with Crippen molar-refractivity contribution in [3.8, 4) is 0 Å². The summed E-state index contributed by atoms with van der Waals surface area (Å²) in [5.41, 5.74) is -0.680.